The van der Waals surface area contributed by atoms with E-state index in [1.165, 1.54) is 0 Å². The highest BCUT2D eigenvalue weighted by Crippen LogP contribution is 2.56. The average Bonchev–Trinajstić information content (AvgIpc) is 3.72. The van der Waals surface area contributed by atoms with Crippen LogP contribution in [-0.4, -0.2) is 0 Å². The summed E-state index contributed by atoms with van der Waals surface area (Å²) in [7, 11) is 0. The first kappa shape index (κ1) is 37.2. The normalized spacial score (nSPS) is 12.1. The second-order valence-electron chi connectivity index (χ2n) is 16.0. The molecular formula is C59H40N2O3. The van der Waals surface area contributed by atoms with Crippen LogP contribution in [0.2, 0.25) is 0 Å². The maximum Gasteiger partial charge on any atom is 0.159 e. The van der Waals surface area contributed by atoms with Crippen molar-refractivity contribution < 1.29 is 13.9 Å². The van der Waals surface area contributed by atoms with Crippen LogP contribution >= 0.6 is 0 Å². The summed E-state index contributed by atoms with van der Waals surface area (Å²) in [6.45, 7) is 6.05. The molecule has 5 nitrogen and oxygen atoms in total. The SMILES string of the molecule is C=Cc1oc2c(N(c3ccccc3)c3ccc(-c4ccc5c(c4)Oc4ccc6c7c(ccc-5c47)Oc4cc(N(c5ccccc5)c5ccccc5)ccc4-6)cc3)cccc2c1/C=C\C. The van der Waals surface area contributed by atoms with Gasteiger partial charge in [-0.2, -0.15) is 0 Å². The summed E-state index contributed by atoms with van der Waals surface area (Å²) >= 11 is 0. The average molecular weight is 825 g/mol. The van der Waals surface area contributed by atoms with Crippen molar-refractivity contribution >= 4 is 68.0 Å². The minimum absolute atomic E-state index is 0.754. The Morgan fingerprint density at radius 3 is 1.55 bits per heavy atom. The van der Waals surface area contributed by atoms with Gasteiger partial charge in [-0.05, 0) is 138 Å². The summed E-state index contributed by atoms with van der Waals surface area (Å²) in [6.07, 6.45) is 5.89. The first-order chi connectivity index (χ1) is 31.6. The number of hydrogen-bond donors (Lipinski definition) is 0. The Bertz CT molecular complexity index is 3420. The van der Waals surface area contributed by atoms with Gasteiger partial charge in [0, 0.05) is 67.4 Å². The molecule has 0 N–H and O–H groups in total. The highest BCUT2D eigenvalue weighted by atomic mass is 16.5. The van der Waals surface area contributed by atoms with Crippen LogP contribution in [-0.2, 0) is 0 Å². The van der Waals surface area contributed by atoms with Gasteiger partial charge >= 0.3 is 0 Å². The summed E-state index contributed by atoms with van der Waals surface area (Å²) in [6, 6.07) is 67.9. The van der Waals surface area contributed by atoms with E-state index in [0.29, 0.717) is 0 Å². The van der Waals surface area contributed by atoms with E-state index >= 15 is 0 Å². The molecule has 2 aliphatic rings. The van der Waals surface area contributed by atoms with Crippen molar-refractivity contribution in [2.24, 2.45) is 0 Å². The Morgan fingerprint density at radius 2 is 0.953 bits per heavy atom. The molecule has 5 heteroatoms. The number of anilines is 6. The third kappa shape index (κ3) is 6.01. The van der Waals surface area contributed by atoms with Crippen LogP contribution in [0.1, 0.15) is 18.2 Å². The highest BCUT2D eigenvalue weighted by molar-refractivity contribution is 6.14. The zero-order chi connectivity index (χ0) is 42.7. The van der Waals surface area contributed by atoms with Crippen LogP contribution in [0.25, 0.3) is 67.3 Å². The third-order valence-corrected chi connectivity index (χ3v) is 12.3. The van der Waals surface area contributed by atoms with Crippen LogP contribution in [0, 0.1) is 0 Å². The highest BCUT2D eigenvalue weighted by Gasteiger charge is 2.29. The molecule has 2 aliphatic heterocycles. The number of rotatable bonds is 9. The van der Waals surface area contributed by atoms with Gasteiger partial charge in [-0.1, -0.05) is 104 Å². The van der Waals surface area contributed by atoms with E-state index in [1.54, 1.807) is 6.08 Å². The van der Waals surface area contributed by atoms with Gasteiger partial charge in [-0.15, -0.1) is 0 Å². The quantitative estimate of drug-likeness (QED) is 0.145. The number of benzene rings is 9. The van der Waals surface area contributed by atoms with Crippen molar-refractivity contribution in [2.45, 2.75) is 6.92 Å². The number of fused-ring (bicyclic) bond motifs is 5. The predicted molar refractivity (Wildman–Crippen MR) is 264 cm³/mol. The molecule has 0 aliphatic carbocycles. The third-order valence-electron chi connectivity index (χ3n) is 12.3. The molecule has 304 valence electrons. The molecule has 0 spiro atoms. The summed E-state index contributed by atoms with van der Waals surface area (Å²) in [5.41, 5.74) is 14.5. The second-order valence-corrected chi connectivity index (χ2v) is 16.0. The zero-order valence-corrected chi connectivity index (χ0v) is 35.0. The van der Waals surface area contributed by atoms with Gasteiger partial charge in [0.15, 0.2) is 5.58 Å². The fourth-order valence-electron chi connectivity index (χ4n) is 9.47. The first-order valence-electron chi connectivity index (χ1n) is 21.6. The molecule has 0 saturated heterocycles. The minimum Gasteiger partial charge on any atom is -0.456 e. The van der Waals surface area contributed by atoms with Gasteiger partial charge in [0.25, 0.3) is 0 Å². The molecule has 3 heterocycles. The molecule has 0 amide bonds. The fraction of sp³-hybridized carbons (Fsp3) is 0.0169. The number of furan rings is 1. The molecule has 12 rings (SSSR count). The monoisotopic (exact) mass is 824 g/mol. The van der Waals surface area contributed by atoms with Gasteiger partial charge in [0.1, 0.15) is 28.8 Å². The van der Waals surface area contributed by atoms with E-state index in [1.807, 2.05) is 31.2 Å². The predicted octanol–water partition coefficient (Wildman–Crippen LogP) is 17.4. The fourth-order valence-corrected chi connectivity index (χ4v) is 9.47. The Labute approximate surface area is 371 Å². The number of nitrogens with zero attached hydrogens (tertiary/aromatic N) is 2. The Hall–Kier alpha value is -8.54. The van der Waals surface area contributed by atoms with Gasteiger partial charge in [-0.3, -0.25) is 0 Å². The lowest BCUT2D eigenvalue weighted by Gasteiger charge is -2.29. The van der Waals surface area contributed by atoms with Crippen LogP contribution in [0.3, 0.4) is 0 Å². The lowest BCUT2D eigenvalue weighted by Crippen LogP contribution is -2.10. The maximum absolute atomic E-state index is 6.79. The molecule has 0 saturated carbocycles. The maximum atomic E-state index is 6.79. The summed E-state index contributed by atoms with van der Waals surface area (Å²) in [5.74, 6) is 4.04. The molecule has 1 aromatic heterocycles. The summed E-state index contributed by atoms with van der Waals surface area (Å²) < 4.78 is 20.1. The first-order valence-corrected chi connectivity index (χ1v) is 21.6. The number of allylic oxidation sites excluding steroid dienone is 1. The van der Waals surface area contributed by atoms with Crippen LogP contribution in [0.15, 0.2) is 211 Å². The second kappa shape index (κ2) is 15.1. The van der Waals surface area contributed by atoms with E-state index in [-0.39, 0.29) is 0 Å². The van der Waals surface area contributed by atoms with Gasteiger partial charge in [-0.25, -0.2) is 0 Å². The van der Waals surface area contributed by atoms with Crippen molar-refractivity contribution in [1.29, 1.82) is 0 Å². The van der Waals surface area contributed by atoms with Crippen molar-refractivity contribution in [3.63, 3.8) is 0 Å². The molecule has 9 aromatic carbocycles. The van der Waals surface area contributed by atoms with Gasteiger partial charge < -0.3 is 23.7 Å². The largest absolute Gasteiger partial charge is 0.456 e. The molecule has 0 bridgehead atoms. The zero-order valence-electron chi connectivity index (χ0n) is 35.0. The Kier molecular flexibility index (Phi) is 8.80. The summed E-state index contributed by atoms with van der Waals surface area (Å²) in [5, 5.41) is 3.17. The van der Waals surface area contributed by atoms with E-state index in [4.69, 9.17) is 13.9 Å². The standard InChI is InChI=1S/C59H40N2O3/c1-3-15-45-50-22-14-23-51(59(50)64-52(45)4-2)61(42-20-12-7-13-21-42)43-27-24-38(25-28-43)39-26-30-46-48-32-35-54-58-49(33-34-53(57(48)58)62-55(46)36-39)47-31-29-44(37-56(47)63-54)60(40-16-8-5-9-17-40)41-18-10-6-11-19-41/h3-37H,2H2,1H3/b15-3-. The van der Waals surface area contributed by atoms with Gasteiger partial charge in [0.2, 0.25) is 0 Å². The molecule has 0 radical (unpaired) electrons. The Balaban J connectivity index is 0.887. The topological polar surface area (TPSA) is 38.1 Å². The molecule has 0 atom stereocenters. The number of ether oxygens (including phenoxy) is 2. The number of para-hydroxylation sites is 4. The lowest BCUT2D eigenvalue weighted by atomic mass is 9.88. The van der Waals surface area contributed by atoms with Crippen molar-refractivity contribution in [3.8, 4) is 56.4 Å². The molecule has 0 unspecified atom stereocenters. The van der Waals surface area contributed by atoms with Crippen LogP contribution < -0.4 is 19.3 Å². The van der Waals surface area contributed by atoms with Crippen molar-refractivity contribution in [2.75, 3.05) is 9.80 Å². The van der Waals surface area contributed by atoms with Crippen molar-refractivity contribution in [1.82, 2.24) is 0 Å². The summed E-state index contributed by atoms with van der Waals surface area (Å²) in [4.78, 5) is 4.51. The molecular weight excluding hydrogens is 785 g/mol. The van der Waals surface area contributed by atoms with Gasteiger partial charge in [0.05, 0.1) is 5.69 Å². The molecule has 10 aromatic rings. The van der Waals surface area contributed by atoms with E-state index in [9.17, 15) is 0 Å². The lowest BCUT2D eigenvalue weighted by molar-refractivity contribution is 0.480. The minimum atomic E-state index is 0.754. The van der Waals surface area contributed by atoms with E-state index < -0.39 is 0 Å². The smallest absolute Gasteiger partial charge is 0.159 e. The van der Waals surface area contributed by atoms with Crippen LogP contribution in [0.4, 0.5) is 34.1 Å². The van der Waals surface area contributed by atoms with Crippen molar-refractivity contribution in [3.05, 3.63) is 218 Å². The number of hydrogen-bond acceptors (Lipinski definition) is 5. The van der Waals surface area contributed by atoms with Crippen LogP contribution in [0.5, 0.6) is 23.0 Å². The van der Waals surface area contributed by atoms with E-state index in [2.05, 4.69) is 198 Å². The Morgan fingerprint density at radius 1 is 0.438 bits per heavy atom. The molecule has 0 fully saturated rings. The van der Waals surface area contributed by atoms with E-state index in [0.717, 1.165) is 124 Å². The molecule has 64 heavy (non-hydrogen) atoms.